The van der Waals surface area contributed by atoms with Gasteiger partial charge in [-0.3, -0.25) is 4.68 Å². The van der Waals surface area contributed by atoms with Crippen LogP contribution < -0.4 is 0 Å². The molecule has 0 bridgehead atoms. The third-order valence-electron chi connectivity index (χ3n) is 3.33. The molecule has 1 unspecified atom stereocenters. The van der Waals surface area contributed by atoms with Crippen LogP contribution in [-0.4, -0.2) is 21.0 Å². The molecule has 3 heteroatoms. The molecule has 3 nitrogen and oxygen atoms in total. The van der Waals surface area contributed by atoms with Crippen LogP contribution in [0.4, 0.5) is 0 Å². The summed E-state index contributed by atoms with van der Waals surface area (Å²) in [6.45, 7) is 10.3. The van der Waals surface area contributed by atoms with Crippen molar-refractivity contribution in [2.24, 2.45) is 12.5 Å². The Morgan fingerprint density at radius 2 is 1.88 bits per heavy atom. The first-order chi connectivity index (χ1) is 7.23. The van der Waals surface area contributed by atoms with Gasteiger partial charge < -0.3 is 5.11 Å². The predicted octanol–water partition coefficient (Wildman–Crippen LogP) is 2.38. The lowest BCUT2D eigenvalue weighted by Gasteiger charge is -2.25. The molecule has 1 aromatic rings. The zero-order valence-electron chi connectivity index (χ0n) is 11.3. The number of aromatic nitrogens is 2. The van der Waals surface area contributed by atoms with Gasteiger partial charge in [0.15, 0.2) is 0 Å². The summed E-state index contributed by atoms with van der Waals surface area (Å²) >= 11 is 0. The maximum absolute atomic E-state index is 10.0. The molecule has 0 aliphatic heterocycles. The molecule has 0 aliphatic carbocycles. The second kappa shape index (κ2) is 4.58. The number of rotatable bonds is 3. The lowest BCUT2D eigenvalue weighted by molar-refractivity contribution is 0.0559. The number of hydrogen-bond acceptors (Lipinski definition) is 2. The Bertz CT molecular complexity index is 361. The van der Waals surface area contributed by atoms with Gasteiger partial charge in [0.2, 0.25) is 0 Å². The minimum atomic E-state index is -0.258. The van der Waals surface area contributed by atoms with E-state index in [2.05, 4.69) is 32.8 Å². The molecule has 1 rings (SSSR count). The normalized spacial score (nSPS) is 14.2. The van der Waals surface area contributed by atoms with E-state index in [1.54, 1.807) is 0 Å². The van der Waals surface area contributed by atoms with Gasteiger partial charge in [0, 0.05) is 12.7 Å². The van der Waals surface area contributed by atoms with Crippen LogP contribution in [-0.2, 0) is 13.5 Å². The summed E-state index contributed by atoms with van der Waals surface area (Å²) in [6, 6.07) is 0. The maximum Gasteiger partial charge on any atom is 0.0628 e. The van der Waals surface area contributed by atoms with Gasteiger partial charge in [0.1, 0.15) is 0 Å². The van der Waals surface area contributed by atoms with Gasteiger partial charge in [0.05, 0.1) is 11.8 Å². The van der Waals surface area contributed by atoms with Crippen molar-refractivity contribution in [1.29, 1.82) is 0 Å². The van der Waals surface area contributed by atoms with Gasteiger partial charge in [-0.25, -0.2) is 0 Å². The average Bonchev–Trinajstić information content (AvgIpc) is 2.37. The summed E-state index contributed by atoms with van der Waals surface area (Å²) in [5, 5.41) is 14.4. The van der Waals surface area contributed by atoms with Gasteiger partial charge in [-0.2, -0.15) is 5.10 Å². The molecule has 0 aromatic carbocycles. The lowest BCUT2D eigenvalue weighted by atomic mass is 9.85. The Hall–Kier alpha value is -0.830. The topological polar surface area (TPSA) is 38.0 Å². The molecule has 0 amide bonds. The minimum absolute atomic E-state index is 0.0377. The number of aliphatic hydroxyl groups excluding tert-OH is 1. The van der Waals surface area contributed by atoms with Crippen LogP contribution in [0.1, 0.15) is 44.1 Å². The molecule has 1 heterocycles. The highest BCUT2D eigenvalue weighted by Gasteiger charge is 2.22. The number of aliphatic hydroxyl groups is 1. The third-order valence-corrected chi connectivity index (χ3v) is 3.33. The van der Waals surface area contributed by atoms with Crippen molar-refractivity contribution in [3.05, 3.63) is 17.0 Å². The monoisotopic (exact) mass is 224 g/mol. The zero-order chi connectivity index (χ0) is 12.5. The van der Waals surface area contributed by atoms with Crippen LogP contribution in [0.15, 0.2) is 0 Å². The molecule has 92 valence electrons. The zero-order valence-corrected chi connectivity index (χ0v) is 11.3. The number of hydrogen-bond donors (Lipinski definition) is 1. The van der Waals surface area contributed by atoms with Crippen LogP contribution in [0.5, 0.6) is 0 Å². The highest BCUT2D eigenvalue weighted by atomic mass is 16.3. The standard InChI is InChI=1S/C13H24N2O/c1-9-11(10(2)15(6)14-9)7-8-12(16)13(3,4)5/h12,16H,7-8H2,1-6H3. The fraction of sp³-hybridized carbons (Fsp3) is 0.769. The highest BCUT2D eigenvalue weighted by molar-refractivity contribution is 5.24. The van der Waals surface area contributed by atoms with Crippen LogP contribution in [0.25, 0.3) is 0 Å². The average molecular weight is 224 g/mol. The summed E-state index contributed by atoms with van der Waals surface area (Å²) < 4.78 is 1.91. The lowest BCUT2D eigenvalue weighted by Crippen LogP contribution is -2.26. The van der Waals surface area contributed by atoms with E-state index in [1.165, 1.54) is 11.3 Å². The van der Waals surface area contributed by atoms with Crippen molar-refractivity contribution in [3.63, 3.8) is 0 Å². The Morgan fingerprint density at radius 1 is 1.31 bits per heavy atom. The molecule has 0 aliphatic rings. The molecule has 0 saturated carbocycles. The molecule has 1 aromatic heterocycles. The SMILES string of the molecule is Cc1nn(C)c(C)c1CCC(O)C(C)(C)C. The van der Waals surface area contributed by atoms with Crippen molar-refractivity contribution in [1.82, 2.24) is 9.78 Å². The predicted molar refractivity (Wildman–Crippen MR) is 66.5 cm³/mol. The van der Waals surface area contributed by atoms with Crippen LogP contribution >= 0.6 is 0 Å². The van der Waals surface area contributed by atoms with Gasteiger partial charge in [-0.05, 0) is 37.7 Å². The Morgan fingerprint density at radius 3 is 2.25 bits per heavy atom. The summed E-state index contributed by atoms with van der Waals surface area (Å²) in [5.41, 5.74) is 3.54. The van der Waals surface area contributed by atoms with Gasteiger partial charge in [0.25, 0.3) is 0 Å². The number of aryl methyl sites for hydroxylation is 2. The van der Waals surface area contributed by atoms with E-state index in [9.17, 15) is 5.11 Å². The van der Waals surface area contributed by atoms with Crippen LogP contribution in [0, 0.1) is 19.3 Å². The van der Waals surface area contributed by atoms with E-state index in [1.807, 2.05) is 18.7 Å². The summed E-state index contributed by atoms with van der Waals surface area (Å²) in [6.07, 6.45) is 1.45. The van der Waals surface area contributed by atoms with Gasteiger partial charge in [-0.15, -0.1) is 0 Å². The van der Waals surface area contributed by atoms with E-state index in [4.69, 9.17) is 0 Å². The van der Waals surface area contributed by atoms with Crippen molar-refractivity contribution in [2.45, 2.75) is 53.6 Å². The molecule has 1 N–H and O–H groups in total. The highest BCUT2D eigenvalue weighted by Crippen LogP contribution is 2.24. The first-order valence-electron chi connectivity index (χ1n) is 5.90. The van der Waals surface area contributed by atoms with E-state index in [-0.39, 0.29) is 11.5 Å². The number of nitrogens with zero attached hydrogens (tertiary/aromatic N) is 2. The first kappa shape index (κ1) is 13.2. The van der Waals surface area contributed by atoms with Gasteiger partial charge in [-0.1, -0.05) is 20.8 Å². The smallest absolute Gasteiger partial charge is 0.0628 e. The second-order valence-corrected chi connectivity index (χ2v) is 5.69. The minimum Gasteiger partial charge on any atom is -0.393 e. The Labute approximate surface area is 98.5 Å². The molecule has 0 spiro atoms. The van der Waals surface area contributed by atoms with Crippen molar-refractivity contribution >= 4 is 0 Å². The molecule has 1 atom stereocenters. The molecule has 0 fully saturated rings. The summed E-state index contributed by atoms with van der Waals surface area (Å²) in [7, 11) is 1.96. The van der Waals surface area contributed by atoms with Crippen LogP contribution in [0.3, 0.4) is 0 Å². The van der Waals surface area contributed by atoms with Crippen molar-refractivity contribution in [2.75, 3.05) is 0 Å². The molecule has 0 radical (unpaired) electrons. The first-order valence-corrected chi connectivity index (χ1v) is 5.90. The van der Waals surface area contributed by atoms with E-state index in [0.29, 0.717) is 0 Å². The van der Waals surface area contributed by atoms with Crippen molar-refractivity contribution < 1.29 is 5.11 Å². The second-order valence-electron chi connectivity index (χ2n) is 5.69. The Kier molecular flexibility index (Phi) is 3.79. The summed E-state index contributed by atoms with van der Waals surface area (Å²) in [4.78, 5) is 0. The fourth-order valence-corrected chi connectivity index (χ4v) is 1.89. The van der Waals surface area contributed by atoms with E-state index < -0.39 is 0 Å². The molecule has 0 saturated heterocycles. The van der Waals surface area contributed by atoms with E-state index >= 15 is 0 Å². The molecular formula is C13H24N2O. The Balaban J connectivity index is 2.68. The molecule has 16 heavy (non-hydrogen) atoms. The van der Waals surface area contributed by atoms with Crippen molar-refractivity contribution in [3.8, 4) is 0 Å². The third kappa shape index (κ3) is 2.85. The maximum atomic E-state index is 10.0. The summed E-state index contributed by atoms with van der Waals surface area (Å²) in [5.74, 6) is 0. The van der Waals surface area contributed by atoms with Crippen LogP contribution in [0.2, 0.25) is 0 Å². The largest absolute Gasteiger partial charge is 0.393 e. The quantitative estimate of drug-likeness (QED) is 0.856. The molecular weight excluding hydrogens is 200 g/mol. The fourth-order valence-electron chi connectivity index (χ4n) is 1.89. The van der Waals surface area contributed by atoms with Gasteiger partial charge >= 0.3 is 0 Å². The van der Waals surface area contributed by atoms with E-state index in [0.717, 1.165) is 18.5 Å².